The van der Waals surface area contributed by atoms with Gasteiger partial charge in [-0.3, -0.25) is 4.57 Å². The summed E-state index contributed by atoms with van der Waals surface area (Å²) in [6, 6.07) is 0. The van der Waals surface area contributed by atoms with E-state index < -0.39 is 6.55 Å². The number of halogens is 2. The molecule has 0 amide bonds. The van der Waals surface area contributed by atoms with E-state index in [1.807, 2.05) is 0 Å². The summed E-state index contributed by atoms with van der Waals surface area (Å²) in [4.78, 5) is 3.94. The molecule has 0 radical (unpaired) electrons. The van der Waals surface area contributed by atoms with E-state index in [4.69, 9.17) is 0 Å². The van der Waals surface area contributed by atoms with Gasteiger partial charge in [0.1, 0.15) is 5.82 Å². The maximum absolute atomic E-state index is 12.7. The zero-order chi connectivity index (χ0) is 13.9. The van der Waals surface area contributed by atoms with E-state index in [0.29, 0.717) is 11.7 Å². The van der Waals surface area contributed by atoms with E-state index in [2.05, 4.69) is 17.2 Å². The minimum absolute atomic E-state index is 0.0368. The van der Waals surface area contributed by atoms with Gasteiger partial charge in [0.05, 0.1) is 13.2 Å². The third-order valence-electron chi connectivity index (χ3n) is 4.11. The van der Waals surface area contributed by atoms with E-state index in [0.717, 1.165) is 30.3 Å². The molecule has 1 aromatic heterocycles. The molecule has 0 atom stereocenters. The lowest BCUT2D eigenvalue weighted by Gasteiger charge is -2.39. The molecule has 0 unspecified atom stereocenters. The van der Waals surface area contributed by atoms with Crippen LogP contribution < -0.4 is 5.32 Å². The average Bonchev–Trinajstić information content (AvgIpc) is 2.87. The quantitative estimate of drug-likeness (QED) is 0.865. The number of hydrogen-bond donors (Lipinski definition) is 2. The molecular weight excluding hydrogens is 252 g/mol. The second-order valence-corrected chi connectivity index (χ2v) is 5.50. The van der Waals surface area contributed by atoms with Crippen LogP contribution in [0.3, 0.4) is 0 Å². The third-order valence-corrected chi connectivity index (χ3v) is 4.11. The zero-order valence-electron chi connectivity index (χ0n) is 11.1. The SMILES string of the molecule is CC1CCC(CO)(NCc2nccn2C(F)F)CC1. The Morgan fingerprint density at radius 3 is 2.79 bits per heavy atom. The molecule has 0 bridgehead atoms. The van der Waals surface area contributed by atoms with Crippen LogP contribution in [0.2, 0.25) is 0 Å². The normalized spacial score (nSPS) is 27.9. The average molecular weight is 273 g/mol. The molecule has 4 nitrogen and oxygen atoms in total. The number of alkyl halides is 2. The van der Waals surface area contributed by atoms with Gasteiger partial charge in [-0.1, -0.05) is 6.92 Å². The van der Waals surface area contributed by atoms with Crippen LogP contribution >= 0.6 is 0 Å². The Morgan fingerprint density at radius 2 is 2.21 bits per heavy atom. The number of aromatic nitrogens is 2. The van der Waals surface area contributed by atoms with Crippen LogP contribution in [0, 0.1) is 5.92 Å². The predicted molar refractivity (Wildman–Crippen MR) is 67.8 cm³/mol. The molecule has 0 spiro atoms. The molecule has 6 heteroatoms. The van der Waals surface area contributed by atoms with E-state index in [1.54, 1.807) is 0 Å². The molecule has 2 N–H and O–H groups in total. The number of imidazole rings is 1. The minimum atomic E-state index is -2.57. The largest absolute Gasteiger partial charge is 0.394 e. The second-order valence-electron chi connectivity index (χ2n) is 5.50. The fraction of sp³-hybridized carbons (Fsp3) is 0.769. The molecule has 2 rings (SSSR count). The number of hydrogen-bond acceptors (Lipinski definition) is 3. The van der Waals surface area contributed by atoms with Crippen molar-refractivity contribution in [3.8, 4) is 0 Å². The predicted octanol–water partition coefficient (Wildman–Crippen LogP) is 2.31. The van der Waals surface area contributed by atoms with Gasteiger partial charge in [0, 0.05) is 17.9 Å². The second kappa shape index (κ2) is 5.96. The van der Waals surface area contributed by atoms with Crippen molar-refractivity contribution < 1.29 is 13.9 Å². The molecule has 1 aromatic rings. The number of nitrogens with zero attached hydrogens (tertiary/aromatic N) is 2. The van der Waals surface area contributed by atoms with Crippen LogP contribution in [0.4, 0.5) is 8.78 Å². The highest BCUT2D eigenvalue weighted by molar-refractivity contribution is 4.97. The summed E-state index contributed by atoms with van der Waals surface area (Å²) in [5.74, 6) is 0.978. The standard InChI is InChI=1S/C13H21F2N3O/c1-10-2-4-13(9-19,5-3-10)17-8-11-16-6-7-18(11)12(14)15/h6-7,10,12,17,19H,2-5,8-9H2,1H3. The molecule has 0 aromatic carbocycles. The van der Waals surface area contributed by atoms with Crippen molar-refractivity contribution in [2.24, 2.45) is 5.92 Å². The Kier molecular flexibility index (Phi) is 4.52. The van der Waals surface area contributed by atoms with Gasteiger partial charge in [-0.2, -0.15) is 8.78 Å². The Hall–Kier alpha value is -1.01. The molecule has 1 saturated carbocycles. The minimum Gasteiger partial charge on any atom is -0.394 e. The van der Waals surface area contributed by atoms with Gasteiger partial charge in [-0.25, -0.2) is 4.98 Å². The fourth-order valence-electron chi connectivity index (χ4n) is 2.63. The van der Waals surface area contributed by atoms with Gasteiger partial charge >= 0.3 is 6.55 Å². The number of aliphatic hydroxyl groups is 1. The lowest BCUT2D eigenvalue weighted by molar-refractivity contribution is 0.0636. The van der Waals surface area contributed by atoms with Crippen LogP contribution in [0.15, 0.2) is 12.4 Å². The molecule has 0 saturated heterocycles. The van der Waals surface area contributed by atoms with Crippen LogP contribution in [0.5, 0.6) is 0 Å². The summed E-state index contributed by atoms with van der Waals surface area (Å²) in [5.41, 5.74) is -0.342. The number of rotatable bonds is 5. The van der Waals surface area contributed by atoms with Crippen molar-refractivity contribution in [3.63, 3.8) is 0 Å². The van der Waals surface area contributed by atoms with Gasteiger partial charge in [-0.05, 0) is 31.6 Å². The Bertz CT molecular complexity index is 400. The highest BCUT2D eigenvalue weighted by Crippen LogP contribution is 2.31. The topological polar surface area (TPSA) is 50.1 Å². The smallest absolute Gasteiger partial charge is 0.319 e. The summed E-state index contributed by atoms with van der Waals surface area (Å²) in [6.45, 7) is -0.0811. The highest BCUT2D eigenvalue weighted by atomic mass is 19.3. The van der Waals surface area contributed by atoms with Crippen molar-refractivity contribution in [2.75, 3.05) is 6.61 Å². The molecular formula is C13H21F2N3O. The molecule has 1 aliphatic rings. The van der Waals surface area contributed by atoms with E-state index in [1.165, 1.54) is 12.4 Å². The highest BCUT2D eigenvalue weighted by Gasteiger charge is 2.33. The molecule has 0 aliphatic heterocycles. The van der Waals surface area contributed by atoms with Gasteiger partial charge in [-0.15, -0.1) is 0 Å². The van der Waals surface area contributed by atoms with Crippen LogP contribution in [0.1, 0.15) is 45.0 Å². The summed E-state index contributed by atoms with van der Waals surface area (Å²) < 4.78 is 26.3. The Balaban J connectivity index is 1.98. The van der Waals surface area contributed by atoms with E-state index in [9.17, 15) is 13.9 Å². The molecule has 1 fully saturated rings. The van der Waals surface area contributed by atoms with Gasteiger partial charge < -0.3 is 10.4 Å². The Labute approximate surface area is 111 Å². The van der Waals surface area contributed by atoms with Gasteiger partial charge in [0.2, 0.25) is 0 Å². The summed E-state index contributed by atoms with van der Waals surface area (Å²) >= 11 is 0. The number of aliphatic hydroxyl groups excluding tert-OH is 1. The molecule has 108 valence electrons. The van der Waals surface area contributed by atoms with E-state index in [-0.39, 0.29) is 18.7 Å². The summed E-state index contributed by atoms with van der Waals surface area (Å²) in [5, 5.41) is 12.8. The van der Waals surface area contributed by atoms with Crippen molar-refractivity contribution in [1.82, 2.24) is 14.9 Å². The van der Waals surface area contributed by atoms with Crippen molar-refractivity contribution in [3.05, 3.63) is 18.2 Å². The Morgan fingerprint density at radius 1 is 1.53 bits per heavy atom. The molecule has 1 heterocycles. The molecule has 19 heavy (non-hydrogen) atoms. The molecule has 1 aliphatic carbocycles. The van der Waals surface area contributed by atoms with Crippen molar-refractivity contribution >= 4 is 0 Å². The lowest BCUT2D eigenvalue weighted by atomic mass is 9.77. The summed E-state index contributed by atoms with van der Waals surface area (Å²) in [6.07, 6.45) is 6.50. The van der Waals surface area contributed by atoms with E-state index >= 15 is 0 Å². The number of nitrogens with one attached hydrogen (secondary N) is 1. The van der Waals surface area contributed by atoms with Gasteiger partial charge in [0.25, 0.3) is 0 Å². The van der Waals surface area contributed by atoms with Gasteiger partial charge in [0.15, 0.2) is 0 Å². The first kappa shape index (κ1) is 14.4. The zero-order valence-corrected chi connectivity index (χ0v) is 11.1. The maximum atomic E-state index is 12.7. The first-order valence-electron chi connectivity index (χ1n) is 6.72. The first-order valence-corrected chi connectivity index (χ1v) is 6.72. The van der Waals surface area contributed by atoms with Crippen LogP contribution in [-0.4, -0.2) is 26.8 Å². The fourth-order valence-corrected chi connectivity index (χ4v) is 2.63. The first-order chi connectivity index (χ1) is 9.06. The maximum Gasteiger partial charge on any atom is 0.319 e. The van der Waals surface area contributed by atoms with Crippen molar-refractivity contribution in [1.29, 1.82) is 0 Å². The monoisotopic (exact) mass is 273 g/mol. The lowest BCUT2D eigenvalue weighted by Crippen LogP contribution is -2.50. The van der Waals surface area contributed by atoms with Crippen LogP contribution in [0.25, 0.3) is 0 Å². The summed E-state index contributed by atoms with van der Waals surface area (Å²) in [7, 11) is 0. The van der Waals surface area contributed by atoms with Crippen LogP contribution in [-0.2, 0) is 6.54 Å². The third kappa shape index (κ3) is 3.30. The van der Waals surface area contributed by atoms with Crippen molar-refractivity contribution in [2.45, 2.75) is 51.2 Å².